The molecule has 0 aliphatic carbocycles. The quantitative estimate of drug-likeness (QED) is 0.323. The van der Waals surface area contributed by atoms with Crippen LogP contribution in [0, 0.1) is 18.3 Å². The third kappa shape index (κ3) is 6.53. The zero-order valence-corrected chi connectivity index (χ0v) is 23.0. The zero-order valence-electron chi connectivity index (χ0n) is 23.0. The first kappa shape index (κ1) is 29.6. The Morgan fingerprint density at radius 1 is 1.15 bits per heavy atom. The summed E-state index contributed by atoms with van der Waals surface area (Å²) in [5.41, 5.74) is 0.575. The van der Waals surface area contributed by atoms with E-state index in [0.717, 1.165) is 11.1 Å². The Balaban J connectivity index is 1.95. The summed E-state index contributed by atoms with van der Waals surface area (Å²) in [5.74, 6) is -1.94. The van der Waals surface area contributed by atoms with Gasteiger partial charge in [-0.2, -0.15) is 5.26 Å². The van der Waals surface area contributed by atoms with E-state index in [2.05, 4.69) is 36.3 Å². The van der Waals surface area contributed by atoms with Crippen molar-refractivity contribution in [1.29, 1.82) is 5.26 Å². The van der Waals surface area contributed by atoms with Crippen LogP contribution in [-0.2, 0) is 23.3 Å². The van der Waals surface area contributed by atoms with Crippen LogP contribution in [0.1, 0.15) is 60.3 Å². The summed E-state index contributed by atoms with van der Waals surface area (Å²) in [4.78, 5) is 37.3. The van der Waals surface area contributed by atoms with Gasteiger partial charge >= 0.3 is 5.97 Å². The molecule has 0 atom stereocenters. The van der Waals surface area contributed by atoms with E-state index >= 15 is 0 Å². The number of rotatable bonds is 9. The largest absolute Gasteiger partial charge is 0.494 e. The number of aromatic hydroxyl groups is 1. The predicted molar refractivity (Wildman–Crippen MR) is 148 cm³/mol. The van der Waals surface area contributed by atoms with E-state index in [4.69, 9.17) is 9.84 Å². The van der Waals surface area contributed by atoms with Gasteiger partial charge in [0.25, 0.3) is 11.5 Å². The number of aliphatic carboxylic acids is 1. The Kier molecular flexibility index (Phi) is 9.06. The second kappa shape index (κ2) is 12.3. The molecule has 40 heavy (non-hydrogen) atoms. The maximum Gasteiger partial charge on any atom is 0.323 e. The number of hydrogen-bond donors (Lipinski definition) is 3. The monoisotopic (exact) mass is 545 g/mol. The van der Waals surface area contributed by atoms with Gasteiger partial charge in [-0.3, -0.25) is 19.0 Å². The maximum atomic E-state index is 13.2. The van der Waals surface area contributed by atoms with Crippen molar-refractivity contribution in [1.82, 2.24) is 9.88 Å². The number of carbonyl (C=O) groups excluding carboxylic acids is 1. The summed E-state index contributed by atoms with van der Waals surface area (Å²) in [5, 5.41) is 39.7. The third-order valence-electron chi connectivity index (χ3n) is 6.13. The van der Waals surface area contributed by atoms with Crippen molar-refractivity contribution in [3.05, 3.63) is 80.6 Å². The topological polar surface area (TPSA) is 166 Å². The molecule has 1 amide bonds. The van der Waals surface area contributed by atoms with Crippen LogP contribution in [0.5, 0.6) is 11.6 Å². The number of carbonyl (C=O) groups is 2. The molecule has 2 aromatic carbocycles. The Hall–Kier alpha value is -4.98. The Labute approximate surface area is 231 Å². The molecule has 1 heterocycles. The average molecular weight is 546 g/mol. The average Bonchev–Trinajstić information content (AvgIpc) is 2.90. The predicted octanol–water partition coefficient (Wildman–Crippen LogP) is 4.86. The van der Waals surface area contributed by atoms with Gasteiger partial charge in [0.05, 0.1) is 17.9 Å². The molecule has 3 rings (SSSR count). The van der Waals surface area contributed by atoms with E-state index in [1.165, 1.54) is 13.0 Å². The summed E-state index contributed by atoms with van der Waals surface area (Å²) in [6.07, 6.45) is 0. The summed E-state index contributed by atoms with van der Waals surface area (Å²) < 4.78 is 6.27. The number of carboxylic acid groups (broad SMARTS) is 1. The van der Waals surface area contributed by atoms with Crippen LogP contribution in [0.4, 0.5) is 11.4 Å². The third-order valence-corrected chi connectivity index (χ3v) is 6.13. The van der Waals surface area contributed by atoms with E-state index in [0.29, 0.717) is 16.9 Å². The van der Waals surface area contributed by atoms with Crippen molar-refractivity contribution in [2.45, 2.75) is 53.1 Å². The minimum Gasteiger partial charge on any atom is -0.494 e. The first-order valence-electron chi connectivity index (χ1n) is 12.5. The fourth-order valence-corrected chi connectivity index (χ4v) is 3.95. The molecule has 0 bridgehead atoms. The molecule has 3 aromatic rings. The number of nitriles is 1. The fourth-order valence-electron chi connectivity index (χ4n) is 3.95. The number of pyridine rings is 1. The van der Waals surface area contributed by atoms with Crippen molar-refractivity contribution in [3.63, 3.8) is 0 Å². The number of amides is 1. The van der Waals surface area contributed by atoms with E-state index in [-0.39, 0.29) is 40.0 Å². The van der Waals surface area contributed by atoms with Crippen LogP contribution < -0.4 is 15.6 Å². The number of hydrogen-bond acceptors (Lipinski definition) is 8. The van der Waals surface area contributed by atoms with Crippen LogP contribution in [0.2, 0.25) is 0 Å². The molecule has 0 spiro atoms. The van der Waals surface area contributed by atoms with Gasteiger partial charge in [0.2, 0.25) is 5.88 Å². The molecule has 11 heteroatoms. The lowest BCUT2D eigenvalue weighted by atomic mass is 9.86. The van der Waals surface area contributed by atoms with Crippen molar-refractivity contribution in [3.8, 4) is 17.7 Å². The molecule has 0 aliphatic heterocycles. The molecule has 0 aliphatic rings. The van der Waals surface area contributed by atoms with Gasteiger partial charge in [-0.1, -0.05) is 39.0 Å². The van der Waals surface area contributed by atoms with Gasteiger partial charge < -0.3 is 20.3 Å². The van der Waals surface area contributed by atoms with E-state index in [1.807, 2.05) is 25.1 Å². The fraction of sp³-hybridized carbons (Fsp3) is 0.310. The molecular formula is C29H31N5O6. The molecule has 0 saturated carbocycles. The Bertz CT molecular complexity index is 1580. The van der Waals surface area contributed by atoms with E-state index < -0.39 is 29.9 Å². The highest BCUT2D eigenvalue weighted by Gasteiger charge is 2.21. The molecule has 0 fully saturated rings. The van der Waals surface area contributed by atoms with Crippen LogP contribution in [0.25, 0.3) is 0 Å². The van der Waals surface area contributed by atoms with Crippen molar-refractivity contribution in [2.75, 3.05) is 6.61 Å². The summed E-state index contributed by atoms with van der Waals surface area (Å²) in [7, 11) is 0. The maximum absolute atomic E-state index is 13.2. The minimum atomic E-state index is -1.39. The molecule has 3 N–H and O–H groups in total. The molecule has 208 valence electrons. The Morgan fingerprint density at radius 3 is 2.48 bits per heavy atom. The molecule has 1 aromatic heterocycles. The van der Waals surface area contributed by atoms with Crippen molar-refractivity contribution < 1.29 is 24.5 Å². The van der Waals surface area contributed by atoms with Gasteiger partial charge in [-0.05, 0) is 49.1 Å². The van der Waals surface area contributed by atoms with Gasteiger partial charge in [-0.15, -0.1) is 10.2 Å². The summed E-state index contributed by atoms with van der Waals surface area (Å²) in [6.45, 7) is 9.34. The van der Waals surface area contributed by atoms with Crippen molar-refractivity contribution >= 4 is 23.3 Å². The SMILES string of the molecule is CCOc1ccc(C(C)(C)C)cc1CNC(=O)c1ccccc1N=Nc1c(C)c(C#N)c(O)n(CC(=O)O)c1=O. The lowest BCUT2D eigenvalue weighted by Crippen LogP contribution is -2.25. The van der Waals surface area contributed by atoms with E-state index in [1.54, 1.807) is 24.3 Å². The van der Waals surface area contributed by atoms with Crippen LogP contribution in [0.3, 0.4) is 0 Å². The number of ether oxygens (including phenoxy) is 1. The molecule has 0 saturated heterocycles. The smallest absolute Gasteiger partial charge is 0.323 e. The second-order valence-corrected chi connectivity index (χ2v) is 9.97. The Morgan fingerprint density at radius 2 is 1.85 bits per heavy atom. The highest BCUT2D eigenvalue weighted by molar-refractivity contribution is 5.98. The normalized spacial score (nSPS) is 11.3. The highest BCUT2D eigenvalue weighted by atomic mass is 16.5. The van der Waals surface area contributed by atoms with Crippen LogP contribution in [-0.4, -0.2) is 33.3 Å². The zero-order chi connectivity index (χ0) is 29.6. The molecular weight excluding hydrogens is 514 g/mol. The second-order valence-electron chi connectivity index (χ2n) is 9.97. The number of nitrogens with one attached hydrogen (secondary N) is 1. The standard InChI is InChI=1S/C29H31N5O6/c1-6-40-23-12-11-19(29(3,4)5)13-18(23)15-31-26(37)20-9-7-8-10-22(20)32-33-25-17(2)21(14-30)27(38)34(28(25)39)16-24(35)36/h7-13,38H,6,15-16H2,1-5H3,(H,31,37)(H,35,36). The first-order valence-corrected chi connectivity index (χ1v) is 12.5. The number of azo groups is 1. The van der Waals surface area contributed by atoms with Crippen LogP contribution in [0.15, 0.2) is 57.5 Å². The van der Waals surface area contributed by atoms with Gasteiger partial charge in [0, 0.05) is 17.7 Å². The minimum absolute atomic E-state index is 0.0273. The number of aromatic nitrogens is 1. The highest BCUT2D eigenvalue weighted by Crippen LogP contribution is 2.30. The number of benzene rings is 2. The van der Waals surface area contributed by atoms with Crippen LogP contribution >= 0.6 is 0 Å². The molecule has 0 unspecified atom stereocenters. The van der Waals surface area contributed by atoms with Gasteiger partial charge in [0.1, 0.15) is 23.9 Å². The van der Waals surface area contributed by atoms with E-state index in [9.17, 15) is 24.8 Å². The number of carboxylic acids is 1. The molecule has 11 nitrogen and oxygen atoms in total. The lowest BCUT2D eigenvalue weighted by molar-refractivity contribution is -0.137. The van der Waals surface area contributed by atoms with Gasteiger partial charge in [-0.25, -0.2) is 0 Å². The van der Waals surface area contributed by atoms with Gasteiger partial charge in [0.15, 0.2) is 5.69 Å². The van der Waals surface area contributed by atoms with Crippen molar-refractivity contribution in [2.24, 2.45) is 10.2 Å². The first-order chi connectivity index (χ1) is 18.9. The lowest BCUT2D eigenvalue weighted by Gasteiger charge is -2.21. The summed E-state index contributed by atoms with van der Waals surface area (Å²) in [6, 6.07) is 14.0. The molecule has 0 radical (unpaired) electrons. The summed E-state index contributed by atoms with van der Waals surface area (Å²) >= 11 is 0. The number of nitrogens with zero attached hydrogens (tertiary/aromatic N) is 4.